The highest BCUT2D eigenvalue weighted by atomic mass is 16.5. The van der Waals surface area contributed by atoms with Crippen LogP contribution in [0.1, 0.15) is 34.1 Å². The first-order chi connectivity index (χ1) is 6.43. The molecule has 3 heteroatoms. The average molecular weight is 202 g/mol. The van der Waals surface area contributed by atoms with Crippen molar-refractivity contribution >= 4 is 0 Å². The third-order valence-corrected chi connectivity index (χ3v) is 2.68. The Hall–Kier alpha value is -0.120. The summed E-state index contributed by atoms with van der Waals surface area (Å²) in [7, 11) is 1.74. The smallest absolute Gasteiger partial charge is 0.0589 e. The molecule has 0 saturated heterocycles. The topological polar surface area (TPSA) is 38.5 Å². The van der Waals surface area contributed by atoms with E-state index in [-0.39, 0.29) is 5.54 Å². The van der Waals surface area contributed by atoms with Gasteiger partial charge in [-0.2, -0.15) is 0 Å². The maximum Gasteiger partial charge on any atom is 0.0589 e. The summed E-state index contributed by atoms with van der Waals surface area (Å²) in [6, 6.07) is 0.527. The van der Waals surface area contributed by atoms with Crippen LogP contribution in [0.2, 0.25) is 0 Å². The molecule has 0 aromatic carbocycles. The molecule has 0 bridgehead atoms. The lowest BCUT2D eigenvalue weighted by atomic mass is 9.99. The monoisotopic (exact) mass is 202 g/mol. The molecule has 0 aliphatic rings. The summed E-state index contributed by atoms with van der Waals surface area (Å²) in [5.41, 5.74) is 6.06. The van der Waals surface area contributed by atoms with Gasteiger partial charge in [0.2, 0.25) is 0 Å². The van der Waals surface area contributed by atoms with Gasteiger partial charge in [-0.1, -0.05) is 6.92 Å². The molecule has 0 spiro atoms. The Labute approximate surface area is 88.6 Å². The molecule has 14 heavy (non-hydrogen) atoms. The van der Waals surface area contributed by atoms with Crippen LogP contribution in [0.3, 0.4) is 0 Å². The van der Waals surface area contributed by atoms with E-state index in [9.17, 15) is 0 Å². The SMILES string of the molecule is CCC(C)(N)CN(CCOC)C(C)C. The van der Waals surface area contributed by atoms with Crippen LogP contribution in [-0.2, 0) is 4.74 Å². The second-order valence-electron chi connectivity index (χ2n) is 4.56. The minimum atomic E-state index is -0.0853. The van der Waals surface area contributed by atoms with Crippen LogP contribution in [0.4, 0.5) is 0 Å². The maximum atomic E-state index is 6.14. The van der Waals surface area contributed by atoms with Crippen molar-refractivity contribution in [3.05, 3.63) is 0 Å². The molecule has 3 nitrogen and oxygen atoms in total. The van der Waals surface area contributed by atoms with Crippen LogP contribution < -0.4 is 5.73 Å². The first kappa shape index (κ1) is 13.9. The Bertz CT molecular complexity index is 146. The van der Waals surface area contributed by atoms with E-state index in [2.05, 4.69) is 32.6 Å². The van der Waals surface area contributed by atoms with E-state index in [4.69, 9.17) is 10.5 Å². The van der Waals surface area contributed by atoms with Crippen LogP contribution in [-0.4, -0.2) is 43.3 Å². The van der Waals surface area contributed by atoms with Crippen molar-refractivity contribution in [2.24, 2.45) is 5.73 Å². The fourth-order valence-corrected chi connectivity index (χ4v) is 1.30. The van der Waals surface area contributed by atoms with Crippen LogP contribution in [0, 0.1) is 0 Å². The number of rotatable bonds is 7. The van der Waals surface area contributed by atoms with E-state index in [0.29, 0.717) is 6.04 Å². The molecule has 0 amide bonds. The molecule has 0 fully saturated rings. The Morgan fingerprint density at radius 2 is 2.00 bits per heavy atom. The number of hydrogen-bond acceptors (Lipinski definition) is 3. The molecule has 0 heterocycles. The van der Waals surface area contributed by atoms with Gasteiger partial charge >= 0.3 is 0 Å². The summed E-state index contributed by atoms with van der Waals surface area (Å²) < 4.78 is 5.09. The summed E-state index contributed by atoms with van der Waals surface area (Å²) in [5.74, 6) is 0. The Morgan fingerprint density at radius 3 is 2.36 bits per heavy atom. The summed E-state index contributed by atoms with van der Waals surface area (Å²) in [6.45, 7) is 11.3. The fourth-order valence-electron chi connectivity index (χ4n) is 1.30. The van der Waals surface area contributed by atoms with Crippen molar-refractivity contribution in [1.82, 2.24) is 4.90 Å². The fraction of sp³-hybridized carbons (Fsp3) is 1.00. The predicted octanol–water partition coefficient (Wildman–Crippen LogP) is 1.47. The number of hydrogen-bond donors (Lipinski definition) is 1. The summed E-state index contributed by atoms with van der Waals surface area (Å²) >= 11 is 0. The van der Waals surface area contributed by atoms with Gasteiger partial charge in [-0.3, -0.25) is 4.90 Å². The highest BCUT2D eigenvalue weighted by Crippen LogP contribution is 2.10. The van der Waals surface area contributed by atoms with Gasteiger partial charge in [0.15, 0.2) is 0 Å². The number of nitrogens with two attached hydrogens (primary N) is 1. The van der Waals surface area contributed by atoms with Crippen molar-refractivity contribution < 1.29 is 4.74 Å². The number of ether oxygens (including phenoxy) is 1. The maximum absolute atomic E-state index is 6.14. The molecular weight excluding hydrogens is 176 g/mol. The zero-order chi connectivity index (χ0) is 11.2. The van der Waals surface area contributed by atoms with Crippen molar-refractivity contribution in [3.8, 4) is 0 Å². The van der Waals surface area contributed by atoms with Gasteiger partial charge < -0.3 is 10.5 Å². The highest BCUT2D eigenvalue weighted by molar-refractivity contribution is 4.82. The Kier molecular flexibility index (Phi) is 6.33. The van der Waals surface area contributed by atoms with E-state index >= 15 is 0 Å². The molecule has 0 radical (unpaired) electrons. The van der Waals surface area contributed by atoms with Gasteiger partial charge in [-0.05, 0) is 27.2 Å². The van der Waals surface area contributed by atoms with Gasteiger partial charge in [-0.25, -0.2) is 0 Å². The van der Waals surface area contributed by atoms with Crippen molar-refractivity contribution in [2.75, 3.05) is 26.8 Å². The van der Waals surface area contributed by atoms with Gasteiger partial charge in [0, 0.05) is 31.8 Å². The molecule has 1 atom stereocenters. The first-order valence-corrected chi connectivity index (χ1v) is 5.45. The molecule has 0 rings (SSSR count). The minimum Gasteiger partial charge on any atom is -0.383 e. The van der Waals surface area contributed by atoms with Gasteiger partial charge in [0.05, 0.1) is 6.61 Å². The lowest BCUT2D eigenvalue weighted by Crippen LogP contribution is -2.50. The van der Waals surface area contributed by atoms with E-state index in [1.807, 2.05) is 0 Å². The number of nitrogens with zero attached hydrogens (tertiary/aromatic N) is 1. The molecule has 86 valence electrons. The lowest BCUT2D eigenvalue weighted by Gasteiger charge is -2.34. The van der Waals surface area contributed by atoms with Crippen LogP contribution >= 0.6 is 0 Å². The van der Waals surface area contributed by atoms with E-state index in [1.165, 1.54) is 0 Å². The Morgan fingerprint density at radius 1 is 1.43 bits per heavy atom. The van der Waals surface area contributed by atoms with E-state index < -0.39 is 0 Å². The van der Waals surface area contributed by atoms with Gasteiger partial charge in [-0.15, -0.1) is 0 Å². The number of methoxy groups -OCH3 is 1. The summed E-state index contributed by atoms with van der Waals surface area (Å²) in [5, 5.41) is 0. The minimum absolute atomic E-state index is 0.0853. The summed E-state index contributed by atoms with van der Waals surface area (Å²) in [4.78, 5) is 2.37. The van der Waals surface area contributed by atoms with Crippen molar-refractivity contribution in [3.63, 3.8) is 0 Å². The second-order valence-corrected chi connectivity index (χ2v) is 4.56. The molecule has 0 aromatic rings. The van der Waals surface area contributed by atoms with Gasteiger partial charge in [0.25, 0.3) is 0 Å². The van der Waals surface area contributed by atoms with E-state index in [0.717, 1.165) is 26.1 Å². The van der Waals surface area contributed by atoms with Crippen molar-refractivity contribution in [1.29, 1.82) is 0 Å². The molecule has 0 aliphatic carbocycles. The standard InChI is InChI=1S/C11H26N2O/c1-6-11(4,12)9-13(10(2)3)7-8-14-5/h10H,6-9,12H2,1-5H3. The third kappa shape index (κ3) is 5.58. The first-order valence-electron chi connectivity index (χ1n) is 5.45. The van der Waals surface area contributed by atoms with Crippen LogP contribution in [0.5, 0.6) is 0 Å². The zero-order valence-corrected chi connectivity index (χ0v) is 10.3. The molecular formula is C11H26N2O. The van der Waals surface area contributed by atoms with Gasteiger partial charge in [0.1, 0.15) is 0 Å². The zero-order valence-electron chi connectivity index (χ0n) is 10.3. The normalized spacial score (nSPS) is 16.3. The second kappa shape index (κ2) is 6.38. The molecule has 0 saturated carbocycles. The molecule has 0 aliphatic heterocycles. The Balaban J connectivity index is 4.08. The average Bonchev–Trinajstić information content (AvgIpc) is 2.12. The molecule has 2 N–H and O–H groups in total. The van der Waals surface area contributed by atoms with Crippen LogP contribution in [0.25, 0.3) is 0 Å². The largest absolute Gasteiger partial charge is 0.383 e. The lowest BCUT2D eigenvalue weighted by molar-refractivity contribution is 0.111. The summed E-state index contributed by atoms with van der Waals surface area (Å²) in [6.07, 6.45) is 1.00. The van der Waals surface area contributed by atoms with Crippen LogP contribution in [0.15, 0.2) is 0 Å². The quantitative estimate of drug-likeness (QED) is 0.679. The van der Waals surface area contributed by atoms with E-state index in [1.54, 1.807) is 7.11 Å². The predicted molar refractivity (Wildman–Crippen MR) is 61.5 cm³/mol. The van der Waals surface area contributed by atoms with Crippen molar-refractivity contribution in [2.45, 2.75) is 45.7 Å². The molecule has 0 aromatic heterocycles. The third-order valence-electron chi connectivity index (χ3n) is 2.68. The molecule has 1 unspecified atom stereocenters. The highest BCUT2D eigenvalue weighted by Gasteiger charge is 2.21.